The Kier molecular flexibility index (Phi) is 4.05. The average Bonchev–Trinajstić information content (AvgIpc) is 3.14. The number of aromatic amines is 1. The zero-order valence-corrected chi connectivity index (χ0v) is 11.8. The average molecular weight is 282 g/mol. The number of carbonyl (C=O) groups is 1. The van der Waals surface area contributed by atoms with Crippen LogP contribution in [0.5, 0.6) is 0 Å². The van der Waals surface area contributed by atoms with Crippen LogP contribution in [0, 0.1) is 0 Å². The molecule has 2 aromatic heterocycles. The zero-order valence-electron chi connectivity index (χ0n) is 11.8. The van der Waals surface area contributed by atoms with Gasteiger partial charge in [0.1, 0.15) is 5.76 Å². The van der Waals surface area contributed by atoms with E-state index in [4.69, 9.17) is 4.42 Å². The van der Waals surface area contributed by atoms with E-state index in [1.807, 2.05) is 36.5 Å². The first-order valence-electron chi connectivity index (χ1n) is 7.17. The normalized spacial score (nSPS) is 10.9. The molecule has 0 radical (unpaired) electrons. The van der Waals surface area contributed by atoms with Crippen LogP contribution in [0.4, 0.5) is 0 Å². The van der Waals surface area contributed by atoms with Gasteiger partial charge >= 0.3 is 0 Å². The number of benzene rings is 1. The number of rotatable bonds is 6. The van der Waals surface area contributed by atoms with Crippen LogP contribution in [-0.2, 0) is 17.6 Å². The molecule has 21 heavy (non-hydrogen) atoms. The summed E-state index contributed by atoms with van der Waals surface area (Å²) in [5, 5.41) is 4.12. The molecule has 4 nitrogen and oxygen atoms in total. The Labute approximate surface area is 123 Å². The largest absolute Gasteiger partial charge is 0.469 e. The maximum atomic E-state index is 11.9. The molecule has 1 aromatic carbocycles. The molecule has 3 aromatic rings. The van der Waals surface area contributed by atoms with Crippen molar-refractivity contribution in [1.29, 1.82) is 0 Å². The highest BCUT2D eigenvalue weighted by molar-refractivity contribution is 5.84. The molecule has 1 amide bonds. The first kappa shape index (κ1) is 13.5. The van der Waals surface area contributed by atoms with Crippen molar-refractivity contribution in [2.45, 2.75) is 19.3 Å². The smallest absolute Gasteiger partial charge is 0.220 e. The van der Waals surface area contributed by atoms with Crippen LogP contribution < -0.4 is 5.32 Å². The highest BCUT2D eigenvalue weighted by atomic mass is 16.3. The van der Waals surface area contributed by atoms with Crippen molar-refractivity contribution in [1.82, 2.24) is 10.3 Å². The van der Waals surface area contributed by atoms with E-state index in [9.17, 15) is 4.79 Å². The van der Waals surface area contributed by atoms with Crippen LogP contribution >= 0.6 is 0 Å². The fraction of sp³-hybridized carbons (Fsp3) is 0.235. The van der Waals surface area contributed by atoms with Crippen LogP contribution in [0.3, 0.4) is 0 Å². The molecule has 2 N–H and O–H groups in total. The lowest BCUT2D eigenvalue weighted by atomic mass is 10.1. The van der Waals surface area contributed by atoms with E-state index >= 15 is 0 Å². The number of aryl methyl sites for hydroxylation is 1. The van der Waals surface area contributed by atoms with Crippen molar-refractivity contribution in [2.75, 3.05) is 6.54 Å². The van der Waals surface area contributed by atoms with Crippen LogP contribution in [0.2, 0.25) is 0 Å². The summed E-state index contributed by atoms with van der Waals surface area (Å²) in [6, 6.07) is 11.9. The number of H-pyrrole nitrogens is 1. The summed E-state index contributed by atoms with van der Waals surface area (Å²) in [7, 11) is 0. The molecule has 0 fully saturated rings. The van der Waals surface area contributed by atoms with Gasteiger partial charge in [-0.15, -0.1) is 0 Å². The minimum Gasteiger partial charge on any atom is -0.469 e. The first-order chi connectivity index (χ1) is 10.3. The second-order valence-corrected chi connectivity index (χ2v) is 5.04. The number of carbonyl (C=O) groups excluding carboxylic acids is 1. The molecule has 0 saturated carbocycles. The molecular formula is C17H18N2O2. The van der Waals surface area contributed by atoms with Gasteiger partial charge in [-0.1, -0.05) is 18.2 Å². The first-order valence-corrected chi connectivity index (χ1v) is 7.17. The quantitative estimate of drug-likeness (QED) is 0.730. The molecule has 0 aliphatic carbocycles. The number of fused-ring (bicyclic) bond motifs is 1. The fourth-order valence-electron chi connectivity index (χ4n) is 2.45. The van der Waals surface area contributed by atoms with Gasteiger partial charge in [-0.2, -0.15) is 0 Å². The van der Waals surface area contributed by atoms with Gasteiger partial charge in [0.15, 0.2) is 0 Å². The summed E-state index contributed by atoms with van der Waals surface area (Å²) in [4.78, 5) is 15.1. The lowest BCUT2D eigenvalue weighted by Gasteiger charge is -2.03. The van der Waals surface area contributed by atoms with Gasteiger partial charge in [-0.25, -0.2) is 0 Å². The van der Waals surface area contributed by atoms with Crippen molar-refractivity contribution >= 4 is 16.8 Å². The molecular weight excluding hydrogens is 264 g/mol. The number of furan rings is 1. The van der Waals surface area contributed by atoms with Crippen molar-refractivity contribution < 1.29 is 9.21 Å². The number of nitrogens with one attached hydrogen (secondary N) is 2. The minimum absolute atomic E-state index is 0.0758. The van der Waals surface area contributed by atoms with E-state index in [0.29, 0.717) is 13.0 Å². The third-order valence-corrected chi connectivity index (χ3v) is 3.57. The van der Waals surface area contributed by atoms with Gasteiger partial charge in [0, 0.05) is 36.5 Å². The van der Waals surface area contributed by atoms with Crippen molar-refractivity contribution in [3.63, 3.8) is 0 Å². The summed E-state index contributed by atoms with van der Waals surface area (Å²) >= 11 is 0. The standard InChI is InChI=1S/C17H18N2O2/c20-17(18-10-9-14-4-3-11-21-14)8-7-13-12-19-16-6-2-1-5-15(13)16/h1-6,11-12,19H,7-10H2,(H,18,20). The molecule has 0 unspecified atom stereocenters. The Morgan fingerprint density at radius 1 is 1.14 bits per heavy atom. The predicted molar refractivity (Wildman–Crippen MR) is 82.0 cm³/mol. The third-order valence-electron chi connectivity index (χ3n) is 3.57. The lowest BCUT2D eigenvalue weighted by molar-refractivity contribution is -0.121. The highest BCUT2D eigenvalue weighted by Gasteiger charge is 2.06. The van der Waals surface area contributed by atoms with Gasteiger partial charge < -0.3 is 14.7 Å². The molecule has 0 spiro atoms. The number of amides is 1. The van der Waals surface area contributed by atoms with Crippen molar-refractivity contribution in [3.8, 4) is 0 Å². The monoisotopic (exact) mass is 282 g/mol. The molecule has 2 heterocycles. The van der Waals surface area contributed by atoms with Crippen LogP contribution in [0.1, 0.15) is 17.7 Å². The summed E-state index contributed by atoms with van der Waals surface area (Å²) in [6.45, 7) is 0.611. The van der Waals surface area contributed by atoms with E-state index < -0.39 is 0 Å². The Balaban J connectivity index is 1.47. The van der Waals surface area contributed by atoms with Gasteiger partial charge in [0.25, 0.3) is 0 Å². The number of aromatic nitrogens is 1. The van der Waals surface area contributed by atoms with E-state index in [-0.39, 0.29) is 5.91 Å². The predicted octanol–water partition coefficient (Wildman–Crippen LogP) is 3.05. The topological polar surface area (TPSA) is 58.0 Å². The summed E-state index contributed by atoms with van der Waals surface area (Å²) in [5.74, 6) is 0.971. The number of para-hydroxylation sites is 1. The highest BCUT2D eigenvalue weighted by Crippen LogP contribution is 2.18. The third kappa shape index (κ3) is 3.34. The minimum atomic E-state index is 0.0758. The van der Waals surface area contributed by atoms with Crippen LogP contribution in [-0.4, -0.2) is 17.4 Å². The molecule has 0 saturated heterocycles. The van der Waals surface area contributed by atoms with E-state index in [2.05, 4.69) is 16.4 Å². The second kappa shape index (κ2) is 6.31. The van der Waals surface area contributed by atoms with Gasteiger partial charge in [-0.05, 0) is 30.2 Å². The zero-order chi connectivity index (χ0) is 14.5. The molecule has 4 heteroatoms. The van der Waals surface area contributed by atoms with E-state index in [1.54, 1.807) is 6.26 Å². The lowest BCUT2D eigenvalue weighted by Crippen LogP contribution is -2.25. The van der Waals surface area contributed by atoms with E-state index in [1.165, 1.54) is 10.9 Å². The maximum absolute atomic E-state index is 11.9. The SMILES string of the molecule is O=C(CCc1c[nH]c2ccccc12)NCCc1ccco1. The van der Waals surface area contributed by atoms with Gasteiger partial charge in [-0.3, -0.25) is 4.79 Å². The summed E-state index contributed by atoms with van der Waals surface area (Å²) in [6.07, 6.45) is 5.61. The van der Waals surface area contributed by atoms with Crippen molar-refractivity contribution in [3.05, 3.63) is 60.2 Å². The Morgan fingerprint density at radius 3 is 2.90 bits per heavy atom. The van der Waals surface area contributed by atoms with Gasteiger partial charge in [0.2, 0.25) is 5.91 Å². The van der Waals surface area contributed by atoms with E-state index in [0.717, 1.165) is 24.1 Å². The number of hydrogen-bond acceptors (Lipinski definition) is 2. The Bertz CT molecular complexity index is 713. The number of hydrogen-bond donors (Lipinski definition) is 2. The Morgan fingerprint density at radius 2 is 2.05 bits per heavy atom. The molecule has 0 aliphatic rings. The second-order valence-electron chi connectivity index (χ2n) is 5.04. The van der Waals surface area contributed by atoms with Crippen LogP contribution in [0.25, 0.3) is 10.9 Å². The summed E-state index contributed by atoms with van der Waals surface area (Å²) in [5.41, 5.74) is 2.30. The van der Waals surface area contributed by atoms with Crippen molar-refractivity contribution in [2.24, 2.45) is 0 Å². The molecule has 3 rings (SSSR count). The molecule has 0 atom stereocenters. The van der Waals surface area contributed by atoms with Crippen LogP contribution in [0.15, 0.2) is 53.3 Å². The fourth-order valence-corrected chi connectivity index (χ4v) is 2.45. The molecule has 0 aliphatic heterocycles. The summed E-state index contributed by atoms with van der Waals surface area (Å²) < 4.78 is 5.23. The molecule has 108 valence electrons. The Hall–Kier alpha value is -2.49. The maximum Gasteiger partial charge on any atom is 0.220 e. The molecule has 0 bridgehead atoms. The van der Waals surface area contributed by atoms with Gasteiger partial charge in [0.05, 0.1) is 6.26 Å².